The molecule has 0 atom stereocenters. The van der Waals surface area contributed by atoms with Gasteiger partial charge >= 0.3 is 0 Å². The van der Waals surface area contributed by atoms with Gasteiger partial charge in [-0.1, -0.05) is 6.07 Å². The highest BCUT2D eigenvalue weighted by molar-refractivity contribution is 5.85. The first-order valence-corrected chi connectivity index (χ1v) is 10.2. The largest absolute Gasteiger partial charge is 0.493 e. The van der Waals surface area contributed by atoms with Gasteiger partial charge < -0.3 is 28.7 Å². The van der Waals surface area contributed by atoms with Crippen LogP contribution in [-0.4, -0.2) is 88.0 Å². The SMILES string of the molecule is COc1cccc(C=NNc2nc(N3CCOCC3)nc(N3CCOCC3)n2)c1OC. The van der Waals surface area contributed by atoms with Gasteiger partial charge in [0.2, 0.25) is 17.8 Å². The van der Waals surface area contributed by atoms with Crippen LogP contribution in [0.2, 0.25) is 0 Å². The Bertz CT molecular complexity index is 863. The minimum atomic E-state index is 0.371. The van der Waals surface area contributed by atoms with Crippen LogP contribution in [0.3, 0.4) is 0 Å². The Hall–Kier alpha value is -3.18. The van der Waals surface area contributed by atoms with Crippen LogP contribution in [0.4, 0.5) is 17.8 Å². The molecule has 1 N–H and O–H groups in total. The average molecular weight is 429 g/mol. The maximum Gasteiger partial charge on any atom is 0.250 e. The molecule has 0 saturated carbocycles. The number of para-hydroxylation sites is 1. The molecular weight excluding hydrogens is 402 g/mol. The van der Waals surface area contributed by atoms with Crippen molar-refractivity contribution in [2.45, 2.75) is 0 Å². The van der Waals surface area contributed by atoms with Gasteiger partial charge in [0.15, 0.2) is 11.5 Å². The van der Waals surface area contributed by atoms with E-state index in [4.69, 9.17) is 18.9 Å². The fraction of sp³-hybridized carbons (Fsp3) is 0.500. The van der Waals surface area contributed by atoms with E-state index in [-0.39, 0.29) is 0 Å². The topological polar surface area (TPSA) is 106 Å². The molecule has 0 radical (unpaired) electrons. The number of hydrogen-bond donors (Lipinski definition) is 1. The van der Waals surface area contributed by atoms with E-state index in [9.17, 15) is 0 Å². The fourth-order valence-electron chi connectivity index (χ4n) is 3.39. The monoisotopic (exact) mass is 429 g/mol. The number of morpholine rings is 2. The molecule has 1 aromatic heterocycles. The summed E-state index contributed by atoms with van der Waals surface area (Å²) >= 11 is 0. The van der Waals surface area contributed by atoms with Gasteiger partial charge in [0.25, 0.3) is 0 Å². The summed E-state index contributed by atoms with van der Waals surface area (Å²) in [5.41, 5.74) is 3.70. The molecule has 0 bridgehead atoms. The first-order chi connectivity index (χ1) is 15.3. The molecule has 31 heavy (non-hydrogen) atoms. The summed E-state index contributed by atoms with van der Waals surface area (Å²) < 4.78 is 21.7. The number of ether oxygens (including phenoxy) is 4. The number of nitrogens with one attached hydrogen (secondary N) is 1. The van der Waals surface area contributed by atoms with Crippen LogP contribution in [0, 0.1) is 0 Å². The van der Waals surface area contributed by atoms with Crippen molar-refractivity contribution in [1.29, 1.82) is 0 Å². The number of benzene rings is 1. The molecule has 2 fully saturated rings. The van der Waals surface area contributed by atoms with Gasteiger partial charge in [-0.3, -0.25) is 0 Å². The van der Waals surface area contributed by atoms with Crippen molar-refractivity contribution in [3.05, 3.63) is 23.8 Å². The summed E-state index contributed by atoms with van der Waals surface area (Å²) in [5.74, 6) is 2.83. The predicted molar refractivity (Wildman–Crippen MR) is 117 cm³/mol. The van der Waals surface area contributed by atoms with E-state index >= 15 is 0 Å². The fourth-order valence-corrected chi connectivity index (χ4v) is 3.39. The summed E-state index contributed by atoms with van der Waals surface area (Å²) in [7, 11) is 3.19. The highest BCUT2D eigenvalue weighted by Crippen LogP contribution is 2.29. The third kappa shape index (κ3) is 5.12. The Kier molecular flexibility index (Phi) is 6.95. The molecule has 2 aliphatic heterocycles. The van der Waals surface area contributed by atoms with Crippen LogP contribution in [0.1, 0.15) is 5.56 Å². The van der Waals surface area contributed by atoms with Crippen LogP contribution in [-0.2, 0) is 9.47 Å². The third-order valence-corrected chi connectivity index (χ3v) is 5.00. The van der Waals surface area contributed by atoms with Gasteiger partial charge in [-0.2, -0.15) is 20.1 Å². The predicted octanol–water partition coefficient (Wildman–Crippen LogP) is 1.01. The van der Waals surface area contributed by atoms with E-state index in [0.29, 0.717) is 55.8 Å². The molecule has 11 heteroatoms. The Morgan fingerprint density at radius 2 is 1.52 bits per heavy atom. The number of methoxy groups -OCH3 is 2. The third-order valence-electron chi connectivity index (χ3n) is 5.00. The maximum atomic E-state index is 5.45. The highest BCUT2D eigenvalue weighted by Gasteiger charge is 2.20. The van der Waals surface area contributed by atoms with E-state index in [1.807, 2.05) is 18.2 Å². The molecule has 2 aromatic rings. The zero-order valence-electron chi connectivity index (χ0n) is 17.8. The first-order valence-electron chi connectivity index (χ1n) is 10.2. The van der Waals surface area contributed by atoms with Crippen molar-refractivity contribution in [2.75, 3.05) is 82.1 Å². The summed E-state index contributed by atoms with van der Waals surface area (Å²) in [6.45, 7) is 5.52. The number of hydrazone groups is 1. The molecule has 0 amide bonds. The molecular formula is C20H27N7O4. The van der Waals surface area contributed by atoms with Crippen molar-refractivity contribution < 1.29 is 18.9 Å². The van der Waals surface area contributed by atoms with Crippen molar-refractivity contribution in [1.82, 2.24) is 15.0 Å². The van der Waals surface area contributed by atoms with Crippen LogP contribution in [0.15, 0.2) is 23.3 Å². The molecule has 11 nitrogen and oxygen atoms in total. The average Bonchev–Trinajstić information content (AvgIpc) is 2.84. The maximum absolute atomic E-state index is 5.45. The molecule has 0 aliphatic carbocycles. The second kappa shape index (κ2) is 10.2. The lowest BCUT2D eigenvalue weighted by molar-refractivity contribution is 0.121. The smallest absolute Gasteiger partial charge is 0.250 e. The van der Waals surface area contributed by atoms with E-state index in [1.54, 1.807) is 20.4 Å². The highest BCUT2D eigenvalue weighted by atomic mass is 16.5. The van der Waals surface area contributed by atoms with Gasteiger partial charge in [0.1, 0.15) is 0 Å². The lowest BCUT2D eigenvalue weighted by atomic mass is 10.2. The van der Waals surface area contributed by atoms with Gasteiger partial charge in [0, 0.05) is 31.7 Å². The number of rotatable bonds is 7. The van der Waals surface area contributed by atoms with Gasteiger partial charge in [-0.15, -0.1) is 0 Å². The van der Waals surface area contributed by atoms with Crippen LogP contribution in [0.5, 0.6) is 11.5 Å². The molecule has 166 valence electrons. The van der Waals surface area contributed by atoms with Crippen molar-refractivity contribution >= 4 is 24.1 Å². The van der Waals surface area contributed by atoms with Crippen molar-refractivity contribution in [3.8, 4) is 11.5 Å². The molecule has 1 aromatic carbocycles. The number of aromatic nitrogens is 3. The van der Waals surface area contributed by atoms with Crippen LogP contribution < -0.4 is 24.7 Å². The number of hydrogen-bond acceptors (Lipinski definition) is 11. The molecule has 3 heterocycles. The lowest BCUT2D eigenvalue weighted by Crippen LogP contribution is -2.40. The van der Waals surface area contributed by atoms with Crippen molar-refractivity contribution in [3.63, 3.8) is 0 Å². The Labute approximate surface area is 181 Å². The van der Waals surface area contributed by atoms with E-state index < -0.39 is 0 Å². The van der Waals surface area contributed by atoms with Gasteiger partial charge in [0.05, 0.1) is 46.9 Å². The summed E-state index contributed by atoms with van der Waals surface area (Å²) in [5, 5.41) is 4.32. The minimum Gasteiger partial charge on any atom is -0.493 e. The standard InChI is InChI=1S/C20H27N7O4/c1-28-16-5-3-4-15(17(16)29-2)14-21-25-18-22-19(26-6-10-30-11-7-26)24-20(23-18)27-8-12-31-13-9-27/h3-5,14H,6-13H2,1-2H3,(H,22,23,24,25). The molecule has 2 saturated heterocycles. The Morgan fingerprint density at radius 1 is 0.903 bits per heavy atom. The normalized spacial score (nSPS) is 17.1. The summed E-state index contributed by atoms with van der Waals surface area (Å²) in [6.07, 6.45) is 1.65. The van der Waals surface area contributed by atoms with Crippen molar-refractivity contribution in [2.24, 2.45) is 5.10 Å². The molecule has 0 spiro atoms. The first kappa shape index (κ1) is 21.1. The summed E-state index contributed by atoms with van der Waals surface area (Å²) in [4.78, 5) is 18.0. The van der Waals surface area contributed by atoms with Gasteiger partial charge in [-0.05, 0) is 12.1 Å². The van der Waals surface area contributed by atoms with Crippen LogP contribution in [0.25, 0.3) is 0 Å². The van der Waals surface area contributed by atoms with E-state index in [1.165, 1.54) is 0 Å². The lowest BCUT2D eigenvalue weighted by Gasteiger charge is -2.30. The molecule has 2 aliphatic rings. The summed E-state index contributed by atoms with van der Waals surface area (Å²) in [6, 6.07) is 5.59. The quantitative estimate of drug-likeness (QED) is 0.506. The number of nitrogens with zero attached hydrogens (tertiary/aromatic N) is 6. The molecule has 0 unspecified atom stereocenters. The van der Waals surface area contributed by atoms with E-state index in [0.717, 1.165) is 31.7 Å². The Morgan fingerprint density at radius 3 is 2.06 bits per heavy atom. The second-order valence-corrected chi connectivity index (χ2v) is 6.91. The van der Waals surface area contributed by atoms with Crippen LogP contribution >= 0.6 is 0 Å². The Balaban J connectivity index is 1.57. The minimum absolute atomic E-state index is 0.371. The zero-order chi connectivity index (χ0) is 21.5. The second-order valence-electron chi connectivity index (χ2n) is 6.91. The van der Waals surface area contributed by atoms with Gasteiger partial charge in [-0.25, -0.2) is 5.43 Å². The molecule has 4 rings (SSSR count). The van der Waals surface area contributed by atoms with E-state index in [2.05, 4.69) is 35.3 Å². The zero-order valence-corrected chi connectivity index (χ0v) is 17.8. The number of anilines is 3.